The van der Waals surface area contributed by atoms with E-state index in [1.54, 1.807) is 24.3 Å². The molecule has 2 amide bonds. The minimum atomic E-state index is -0.950. The molecule has 0 spiro atoms. The fourth-order valence-electron chi connectivity index (χ4n) is 2.37. The first-order chi connectivity index (χ1) is 11.9. The molecule has 0 saturated carbocycles. The maximum atomic E-state index is 12.4. The van der Waals surface area contributed by atoms with E-state index < -0.39 is 24.0 Å². The fourth-order valence-corrected chi connectivity index (χ4v) is 3.82. The van der Waals surface area contributed by atoms with Gasteiger partial charge in [0.25, 0.3) is 5.91 Å². The van der Waals surface area contributed by atoms with Gasteiger partial charge in [-0.3, -0.25) is 9.59 Å². The van der Waals surface area contributed by atoms with Gasteiger partial charge in [-0.05, 0) is 29.8 Å². The summed E-state index contributed by atoms with van der Waals surface area (Å²) in [6.45, 7) is 0. The van der Waals surface area contributed by atoms with Gasteiger partial charge in [0.2, 0.25) is 12.0 Å². The number of carbonyl (C=O) groups excluding carboxylic acids is 2. The Balaban J connectivity index is 1.68. The van der Waals surface area contributed by atoms with E-state index in [0.29, 0.717) is 22.0 Å². The van der Waals surface area contributed by atoms with Gasteiger partial charge in [-0.25, -0.2) is 0 Å². The number of halogens is 2. The molecule has 0 aliphatic carbocycles. The molecule has 1 aliphatic heterocycles. The van der Waals surface area contributed by atoms with Crippen molar-refractivity contribution in [2.75, 3.05) is 0 Å². The summed E-state index contributed by atoms with van der Waals surface area (Å²) in [5.41, 5.74) is 6.67. The lowest BCUT2D eigenvalue weighted by molar-refractivity contribution is -0.134. The molecule has 3 N–H and O–H groups in total. The molecule has 3 rings (SSSR count). The summed E-state index contributed by atoms with van der Waals surface area (Å²) < 4.78 is 1.41. The van der Waals surface area contributed by atoms with Gasteiger partial charge in [-0.2, -0.15) is 0 Å². The highest BCUT2D eigenvalue weighted by Crippen LogP contribution is 2.27. The van der Waals surface area contributed by atoms with Crippen LogP contribution in [0.25, 0.3) is 0 Å². The van der Waals surface area contributed by atoms with Gasteiger partial charge in [0.05, 0.1) is 9.21 Å². The smallest absolute Gasteiger partial charge is 0.265 e. The Bertz CT molecular complexity index is 855. The standard InChI is InChI=1S/C16H13BrClN3O3S/c17-9-3-1-2-8(6-9)14(15(19)22)20-16(23)11-7-10(21-24-11)12-4-5-13(18)25-12/h1-6,11,14H,7H2,(H2,19,22)(H,20,23)/t11-,14+/m1/s1. The number of nitrogens with one attached hydrogen (secondary N) is 1. The molecule has 2 aromatic rings. The number of nitrogens with two attached hydrogens (primary N) is 1. The maximum absolute atomic E-state index is 12.4. The predicted molar refractivity (Wildman–Crippen MR) is 99.6 cm³/mol. The lowest BCUT2D eigenvalue weighted by Gasteiger charge is -2.18. The molecular weight excluding hydrogens is 430 g/mol. The lowest BCUT2D eigenvalue weighted by Crippen LogP contribution is -2.42. The minimum Gasteiger partial charge on any atom is -0.382 e. The number of hydrogen-bond donors (Lipinski definition) is 2. The van der Waals surface area contributed by atoms with E-state index in [1.807, 2.05) is 12.1 Å². The molecule has 1 aromatic carbocycles. The van der Waals surface area contributed by atoms with Crippen LogP contribution >= 0.6 is 38.9 Å². The monoisotopic (exact) mass is 441 g/mol. The van der Waals surface area contributed by atoms with Crippen molar-refractivity contribution < 1.29 is 14.4 Å². The first-order valence-electron chi connectivity index (χ1n) is 7.27. The lowest BCUT2D eigenvalue weighted by atomic mass is 10.1. The fraction of sp³-hybridized carbons (Fsp3) is 0.188. The van der Waals surface area contributed by atoms with Crippen molar-refractivity contribution in [3.8, 4) is 0 Å². The van der Waals surface area contributed by atoms with Crippen LogP contribution in [-0.2, 0) is 14.4 Å². The van der Waals surface area contributed by atoms with Crippen molar-refractivity contribution in [2.45, 2.75) is 18.6 Å². The molecule has 1 aliphatic rings. The van der Waals surface area contributed by atoms with Crippen molar-refractivity contribution in [3.63, 3.8) is 0 Å². The Labute approximate surface area is 161 Å². The van der Waals surface area contributed by atoms with Gasteiger partial charge in [-0.15, -0.1) is 11.3 Å². The van der Waals surface area contributed by atoms with Crippen molar-refractivity contribution in [1.29, 1.82) is 0 Å². The van der Waals surface area contributed by atoms with Crippen LogP contribution in [0, 0.1) is 0 Å². The topological polar surface area (TPSA) is 93.8 Å². The molecule has 6 nitrogen and oxygen atoms in total. The third kappa shape index (κ3) is 4.20. The average Bonchev–Trinajstić information content (AvgIpc) is 3.20. The number of carbonyl (C=O) groups is 2. The van der Waals surface area contributed by atoms with Crippen LogP contribution in [0.15, 0.2) is 46.0 Å². The minimum absolute atomic E-state index is 0.298. The normalized spacial score (nSPS) is 17.5. The van der Waals surface area contributed by atoms with Crippen molar-refractivity contribution in [1.82, 2.24) is 5.32 Å². The van der Waals surface area contributed by atoms with Crippen LogP contribution in [-0.4, -0.2) is 23.6 Å². The van der Waals surface area contributed by atoms with Crippen molar-refractivity contribution in [3.05, 3.63) is 55.6 Å². The van der Waals surface area contributed by atoms with Gasteiger partial charge in [0, 0.05) is 10.9 Å². The molecule has 0 fully saturated rings. The summed E-state index contributed by atoms with van der Waals surface area (Å²) in [4.78, 5) is 30.3. The SMILES string of the molecule is NC(=O)[C@@H](NC(=O)[C@H]1CC(c2ccc(Cl)s2)=NO1)c1cccc(Br)c1. The van der Waals surface area contributed by atoms with E-state index >= 15 is 0 Å². The number of amides is 2. The molecule has 0 bridgehead atoms. The molecule has 2 heterocycles. The van der Waals surface area contributed by atoms with E-state index in [9.17, 15) is 9.59 Å². The second kappa shape index (κ2) is 7.55. The van der Waals surface area contributed by atoms with E-state index in [4.69, 9.17) is 22.2 Å². The van der Waals surface area contributed by atoms with Crippen LogP contribution in [0.4, 0.5) is 0 Å². The predicted octanol–water partition coefficient (Wildman–Crippen LogP) is 3.00. The van der Waals surface area contributed by atoms with Gasteiger partial charge in [0.15, 0.2) is 0 Å². The maximum Gasteiger partial charge on any atom is 0.265 e. The van der Waals surface area contributed by atoms with Crippen LogP contribution in [0.5, 0.6) is 0 Å². The second-order valence-corrected chi connectivity index (χ2v) is 7.97. The van der Waals surface area contributed by atoms with Crippen LogP contribution in [0.2, 0.25) is 4.34 Å². The first kappa shape index (κ1) is 17.9. The zero-order valence-corrected chi connectivity index (χ0v) is 15.9. The summed E-state index contributed by atoms with van der Waals surface area (Å²) in [5.74, 6) is -1.11. The molecule has 2 atom stereocenters. The highest BCUT2D eigenvalue weighted by Gasteiger charge is 2.32. The highest BCUT2D eigenvalue weighted by atomic mass is 79.9. The molecule has 9 heteroatoms. The Morgan fingerprint density at radius 2 is 2.20 bits per heavy atom. The number of benzene rings is 1. The van der Waals surface area contributed by atoms with Crippen LogP contribution in [0.1, 0.15) is 22.9 Å². The number of hydrogen-bond acceptors (Lipinski definition) is 5. The zero-order valence-electron chi connectivity index (χ0n) is 12.7. The number of thiophene rings is 1. The Morgan fingerprint density at radius 3 is 2.84 bits per heavy atom. The van der Waals surface area contributed by atoms with E-state index in [0.717, 1.165) is 9.35 Å². The Hall–Kier alpha value is -1.90. The second-order valence-electron chi connectivity index (χ2n) is 5.34. The number of primary amides is 1. The quantitative estimate of drug-likeness (QED) is 0.745. The molecule has 0 saturated heterocycles. The first-order valence-corrected chi connectivity index (χ1v) is 9.26. The molecule has 0 unspecified atom stereocenters. The number of nitrogens with zero attached hydrogens (tertiary/aromatic N) is 1. The molecular formula is C16H13BrClN3O3S. The molecule has 0 radical (unpaired) electrons. The van der Waals surface area contributed by atoms with Crippen LogP contribution < -0.4 is 11.1 Å². The van der Waals surface area contributed by atoms with Gasteiger partial charge in [-0.1, -0.05) is 44.8 Å². The average molecular weight is 443 g/mol. The molecule has 25 heavy (non-hydrogen) atoms. The molecule has 130 valence electrons. The Morgan fingerprint density at radius 1 is 1.40 bits per heavy atom. The van der Waals surface area contributed by atoms with Gasteiger partial charge >= 0.3 is 0 Å². The summed E-state index contributed by atoms with van der Waals surface area (Å²) >= 11 is 10.6. The van der Waals surface area contributed by atoms with Gasteiger partial charge in [0.1, 0.15) is 11.8 Å². The molecule has 1 aromatic heterocycles. The van der Waals surface area contributed by atoms with Crippen molar-refractivity contribution >= 4 is 56.4 Å². The Kier molecular flexibility index (Phi) is 5.41. The summed E-state index contributed by atoms with van der Waals surface area (Å²) in [7, 11) is 0. The number of oxime groups is 1. The third-order valence-electron chi connectivity index (χ3n) is 3.57. The van der Waals surface area contributed by atoms with Crippen LogP contribution in [0.3, 0.4) is 0 Å². The highest BCUT2D eigenvalue weighted by molar-refractivity contribution is 9.10. The summed E-state index contributed by atoms with van der Waals surface area (Å²) in [6.07, 6.45) is -0.517. The van der Waals surface area contributed by atoms with E-state index in [2.05, 4.69) is 26.4 Å². The largest absolute Gasteiger partial charge is 0.382 e. The van der Waals surface area contributed by atoms with E-state index in [-0.39, 0.29) is 0 Å². The number of rotatable bonds is 5. The summed E-state index contributed by atoms with van der Waals surface area (Å²) in [5, 5.41) is 6.57. The van der Waals surface area contributed by atoms with Crippen molar-refractivity contribution in [2.24, 2.45) is 10.9 Å². The third-order valence-corrected chi connectivity index (χ3v) is 5.35. The van der Waals surface area contributed by atoms with Gasteiger partial charge < -0.3 is 15.9 Å². The van der Waals surface area contributed by atoms with E-state index in [1.165, 1.54) is 11.3 Å². The zero-order chi connectivity index (χ0) is 18.0. The summed E-state index contributed by atoms with van der Waals surface area (Å²) in [6, 6.07) is 9.64.